The number of pyridine rings is 1. The van der Waals surface area contributed by atoms with Crippen LogP contribution in [0.1, 0.15) is 35.0 Å². The number of nitrogens with two attached hydrogens (primary N) is 1. The van der Waals surface area contributed by atoms with Crippen molar-refractivity contribution in [3.05, 3.63) is 45.4 Å². The van der Waals surface area contributed by atoms with Crippen molar-refractivity contribution < 1.29 is 4.74 Å². The van der Waals surface area contributed by atoms with Gasteiger partial charge in [-0.3, -0.25) is 4.98 Å². The Bertz CT molecular complexity index is 563. The molecule has 0 aliphatic carbocycles. The van der Waals surface area contributed by atoms with E-state index in [0.717, 1.165) is 30.0 Å². The monoisotopic (exact) mass is 290 g/mol. The molecule has 108 valence electrons. The van der Waals surface area contributed by atoms with Crippen LogP contribution >= 0.6 is 11.3 Å². The Morgan fingerprint density at radius 1 is 1.25 bits per heavy atom. The maximum atomic E-state index is 5.93. The Hall–Kier alpha value is -1.39. The zero-order chi connectivity index (χ0) is 14.5. The van der Waals surface area contributed by atoms with Crippen molar-refractivity contribution in [2.24, 2.45) is 5.73 Å². The predicted molar refractivity (Wildman–Crippen MR) is 84.4 cm³/mol. The van der Waals surface area contributed by atoms with Gasteiger partial charge in [-0.15, -0.1) is 11.3 Å². The lowest BCUT2D eigenvalue weighted by molar-refractivity contribution is 0.304. The Morgan fingerprint density at radius 3 is 2.65 bits per heavy atom. The van der Waals surface area contributed by atoms with E-state index in [1.165, 1.54) is 9.75 Å². The summed E-state index contributed by atoms with van der Waals surface area (Å²) in [7, 11) is 0. The van der Waals surface area contributed by atoms with Crippen molar-refractivity contribution in [3.8, 4) is 5.75 Å². The first-order valence-electron chi connectivity index (χ1n) is 7.01. The van der Waals surface area contributed by atoms with Gasteiger partial charge >= 0.3 is 0 Å². The molecule has 0 aliphatic rings. The highest BCUT2D eigenvalue weighted by Crippen LogP contribution is 2.22. The van der Waals surface area contributed by atoms with E-state index in [4.69, 9.17) is 10.5 Å². The Balaban J connectivity index is 2.08. The summed E-state index contributed by atoms with van der Waals surface area (Å²) >= 11 is 1.80. The zero-order valence-corrected chi connectivity index (χ0v) is 13.2. The molecule has 0 aliphatic heterocycles. The lowest BCUT2D eigenvalue weighted by Gasteiger charge is -2.12. The van der Waals surface area contributed by atoms with Crippen LogP contribution in [0.15, 0.2) is 24.3 Å². The highest BCUT2D eigenvalue weighted by molar-refractivity contribution is 7.11. The lowest BCUT2D eigenvalue weighted by Crippen LogP contribution is -2.19. The largest absolute Gasteiger partial charge is 0.486 e. The van der Waals surface area contributed by atoms with E-state index >= 15 is 0 Å². The predicted octanol–water partition coefficient (Wildman–Crippen LogP) is 3.48. The van der Waals surface area contributed by atoms with Crippen LogP contribution in [0.2, 0.25) is 0 Å². The second-order valence-corrected chi connectivity index (χ2v) is 6.34. The van der Waals surface area contributed by atoms with Gasteiger partial charge in [-0.05, 0) is 44.5 Å². The van der Waals surface area contributed by atoms with Gasteiger partial charge in [0.25, 0.3) is 0 Å². The summed E-state index contributed by atoms with van der Waals surface area (Å²) in [5.74, 6) is 0.847. The minimum absolute atomic E-state index is 0.0834. The number of rotatable bonds is 6. The standard InChI is InChI=1S/C16H22N2OS/c1-4-13-6-7-14(20-13)10-19-16-8-5-12(3)18-15(16)9-11(2)17/h5-8,11H,4,9-10,17H2,1-3H3. The molecular weight excluding hydrogens is 268 g/mol. The molecule has 20 heavy (non-hydrogen) atoms. The number of thiophene rings is 1. The first-order chi connectivity index (χ1) is 9.58. The molecule has 0 saturated carbocycles. The van der Waals surface area contributed by atoms with Gasteiger partial charge in [0.15, 0.2) is 0 Å². The van der Waals surface area contributed by atoms with Crippen molar-refractivity contribution in [1.82, 2.24) is 4.98 Å². The van der Waals surface area contributed by atoms with Crippen LogP contribution in [-0.2, 0) is 19.4 Å². The molecule has 2 N–H and O–H groups in total. The first-order valence-corrected chi connectivity index (χ1v) is 7.82. The minimum Gasteiger partial charge on any atom is -0.486 e. The molecule has 2 heterocycles. The number of hydrogen-bond acceptors (Lipinski definition) is 4. The smallest absolute Gasteiger partial charge is 0.141 e. The summed E-state index contributed by atoms with van der Waals surface area (Å²) < 4.78 is 5.93. The van der Waals surface area contributed by atoms with Crippen LogP contribution in [-0.4, -0.2) is 11.0 Å². The van der Waals surface area contributed by atoms with Gasteiger partial charge in [-0.1, -0.05) is 6.92 Å². The van der Waals surface area contributed by atoms with E-state index in [1.54, 1.807) is 11.3 Å². The van der Waals surface area contributed by atoms with E-state index in [-0.39, 0.29) is 6.04 Å². The maximum Gasteiger partial charge on any atom is 0.141 e. The van der Waals surface area contributed by atoms with Crippen LogP contribution in [0.4, 0.5) is 0 Å². The average molecular weight is 290 g/mol. The van der Waals surface area contributed by atoms with Crippen LogP contribution in [0.3, 0.4) is 0 Å². The number of aryl methyl sites for hydroxylation is 2. The van der Waals surface area contributed by atoms with Crippen molar-refractivity contribution >= 4 is 11.3 Å². The van der Waals surface area contributed by atoms with Gasteiger partial charge in [0.05, 0.1) is 5.69 Å². The van der Waals surface area contributed by atoms with Crippen molar-refractivity contribution in [1.29, 1.82) is 0 Å². The van der Waals surface area contributed by atoms with Gasteiger partial charge in [0.2, 0.25) is 0 Å². The van der Waals surface area contributed by atoms with Crippen molar-refractivity contribution in [3.63, 3.8) is 0 Å². The van der Waals surface area contributed by atoms with Crippen LogP contribution in [0, 0.1) is 6.92 Å². The summed E-state index contributed by atoms with van der Waals surface area (Å²) in [6, 6.07) is 8.36. The van der Waals surface area contributed by atoms with Gasteiger partial charge < -0.3 is 10.5 Å². The highest BCUT2D eigenvalue weighted by atomic mass is 32.1. The molecule has 4 heteroatoms. The molecule has 2 rings (SSSR count). The second-order valence-electron chi connectivity index (χ2n) is 5.09. The molecule has 1 atom stereocenters. The molecule has 0 saturated heterocycles. The van der Waals surface area contributed by atoms with Crippen LogP contribution in [0.25, 0.3) is 0 Å². The van der Waals surface area contributed by atoms with Gasteiger partial charge in [-0.25, -0.2) is 0 Å². The van der Waals surface area contributed by atoms with Gasteiger partial charge in [-0.2, -0.15) is 0 Å². The molecular formula is C16H22N2OS. The van der Waals surface area contributed by atoms with Crippen LogP contribution in [0.5, 0.6) is 5.75 Å². The average Bonchev–Trinajstić information content (AvgIpc) is 2.85. The summed E-state index contributed by atoms with van der Waals surface area (Å²) in [5, 5.41) is 0. The van der Waals surface area contributed by atoms with Crippen molar-refractivity contribution in [2.45, 2.75) is 46.3 Å². The Labute approximate surface area is 124 Å². The van der Waals surface area contributed by atoms with Crippen molar-refractivity contribution in [2.75, 3.05) is 0 Å². The van der Waals surface area contributed by atoms with E-state index in [1.807, 2.05) is 26.0 Å². The maximum absolute atomic E-state index is 5.93. The van der Waals surface area contributed by atoms with Gasteiger partial charge in [0, 0.05) is 27.9 Å². The summed E-state index contributed by atoms with van der Waals surface area (Å²) in [4.78, 5) is 7.18. The fourth-order valence-corrected chi connectivity index (χ4v) is 2.89. The molecule has 0 spiro atoms. The molecule has 0 radical (unpaired) electrons. The van der Waals surface area contributed by atoms with E-state index in [2.05, 4.69) is 24.0 Å². The minimum atomic E-state index is 0.0834. The molecule has 0 fully saturated rings. The quantitative estimate of drug-likeness (QED) is 0.886. The number of aromatic nitrogens is 1. The molecule has 3 nitrogen and oxygen atoms in total. The Morgan fingerprint density at radius 2 is 2.00 bits per heavy atom. The molecule has 1 unspecified atom stereocenters. The molecule has 2 aromatic heterocycles. The van der Waals surface area contributed by atoms with Crippen LogP contribution < -0.4 is 10.5 Å². The molecule has 0 bridgehead atoms. The lowest BCUT2D eigenvalue weighted by atomic mass is 10.1. The molecule has 0 amide bonds. The van der Waals surface area contributed by atoms with E-state index in [9.17, 15) is 0 Å². The van der Waals surface area contributed by atoms with E-state index < -0.39 is 0 Å². The SMILES string of the molecule is CCc1ccc(COc2ccc(C)nc2CC(C)N)s1. The second kappa shape index (κ2) is 6.86. The molecule has 0 aromatic carbocycles. The summed E-state index contributed by atoms with van der Waals surface area (Å²) in [5.41, 5.74) is 7.83. The molecule has 2 aromatic rings. The third kappa shape index (κ3) is 4.05. The fraction of sp³-hybridized carbons (Fsp3) is 0.438. The third-order valence-corrected chi connectivity index (χ3v) is 4.23. The first kappa shape index (κ1) is 15.0. The summed E-state index contributed by atoms with van der Waals surface area (Å²) in [6.07, 6.45) is 1.81. The topological polar surface area (TPSA) is 48.1 Å². The summed E-state index contributed by atoms with van der Waals surface area (Å²) in [6.45, 7) is 6.74. The highest BCUT2D eigenvalue weighted by Gasteiger charge is 2.09. The van der Waals surface area contributed by atoms with Gasteiger partial charge in [0.1, 0.15) is 12.4 Å². The third-order valence-electron chi connectivity index (χ3n) is 3.02. The fourth-order valence-electron chi connectivity index (χ4n) is 2.02. The number of nitrogens with zero attached hydrogens (tertiary/aromatic N) is 1. The number of hydrogen-bond donors (Lipinski definition) is 1. The van der Waals surface area contributed by atoms with E-state index in [0.29, 0.717) is 6.61 Å². The normalized spacial score (nSPS) is 12.4. The number of ether oxygens (including phenoxy) is 1. The zero-order valence-electron chi connectivity index (χ0n) is 12.3. The Kier molecular flexibility index (Phi) is 5.15.